The fourth-order valence-electron chi connectivity index (χ4n) is 4.89. The highest BCUT2D eigenvalue weighted by atomic mass is 19.4. The van der Waals surface area contributed by atoms with E-state index in [-0.39, 0.29) is 47.0 Å². The Morgan fingerprint density at radius 2 is 1.93 bits per heavy atom. The number of hydrogen-bond donors (Lipinski definition) is 1. The second kappa shape index (κ2) is 12.2. The first-order valence-corrected chi connectivity index (χ1v) is 13.1. The van der Waals surface area contributed by atoms with Crippen LogP contribution in [0.2, 0.25) is 0 Å². The van der Waals surface area contributed by atoms with E-state index in [4.69, 9.17) is 9.26 Å². The highest BCUT2D eigenvalue weighted by molar-refractivity contribution is 6.03. The molecule has 9 nitrogen and oxygen atoms in total. The zero-order valence-electron chi connectivity index (χ0n) is 22.1. The summed E-state index contributed by atoms with van der Waals surface area (Å²) in [4.78, 5) is 17.5. The summed E-state index contributed by atoms with van der Waals surface area (Å²) in [6.07, 6.45) is -1.44. The molecule has 0 radical (unpaired) electrons. The van der Waals surface area contributed by atoms with Gasteiger partial charge < -0.3 is 29.1 Å². The van der Waals surface area contributed by atoms with E-state index < -0.39 is 12.2 Å². The Kier molecular flexibility index (Phi) is 8.43. The molecule has 2 heterocycles. The lowest BCUT2D eigenvalue weighted by atomic mass is 10.0. The fraction of sp³-hybridized carbons (Fsp3) is 0.393. The summed E-state index contributed by atoms with van der Waals surface area (Å²) in [5, 5.41) is 10.1. The predicted octanol–water partition coefficient (Wildman–Crippen LogP) is 5.50. The molecule has 1 aromatic heterocycles. The molecule has 2 aromatic carbocycles. The molecular formula is C28H28F4N4O5. The van der Waals surface area contributed by atoms with Crippen molar-refractivity contribution in [3.05, 3.63) is 65.2 Å². The van der Waals surface area contributed by atoms with Gasteiger partial charge in [0.05, 0.1) is 18.3 Å². The number of para-hydroxylation sites is 1. The van der Waals surface area contributed by atoms with E-state index in [1.54, 1.807) is 12.1 Å². The van der Waals surface area contributed by atoms with Crippen molar-refractivity contribution >= 4 is 17.9 Å². The molecule has 0 unspecified atom stereocenters. The SMILES string of the molecule is CO/N=C(\NC=O)c1ccc(N2CCC(OCc3c(-c4ccccc4OC(F)(F)F)noc3C3CC3)CC2)cc1F. The summed E-state index contributed by atoms with van der Waals surface area (Å²) in [6.45, 7) is 1.33. The van der Waals surface area contributed by atoms with E-state index >= 15 is 0 Å². The van der Waals surface area contributed by atoms with Gasteiger partial charge in [-0.25, -0.2) is 4.39 Å². The molecule has 1 aliphatic carbocycles. The molecule has 218 valence electrons. The highest BCUT2D eigenvalue weighted by Crippen LogP contribution is 2.45. The molecule has 1 saturated heterocycles. The van der Waals surface area contributed by atoms with Crippen molar-refractivity contribution in [2.24, 2.45) is 5.16 Å². The normalized spacial score (nSPS) is 16.5. The number of hydrogen-bond acceptors (Lipinski definition) is 8. The van der Waals surface area contributed by atoms with E-state index in [0.717, 1.165) is 12.8 Å². The summed E-state index contributed by atoms with van der Waals surface area (Å²) in [5.41, 5.74) is 1.86. The van der Waals surface area contributed by atoms with Gasteiger partial charge in [0.1, 0.15) is 30.1 Å². The smallest absolute Gasteiger partial charge is 0.405 e. The van der Waals surface area contributed by atoms with Crippen molar-refractivity contribution in [1.29, 1.82) is 0 Å². The van der Waals surface area contributed by atoms with Gasteiger partial charge in [-0.2, -0.15) is 0 Å². The third-order valence-electron chi connectivity index (χ3n) is 6.99. The minimum atomic E-state index is -4.85. The third kappa shape index (κ3) is 6.79. The molecule has 13 heteroatoms. The topological polar surface area (TPSA) is 98.4 Å². The minimum Gasteiger partial charge on any atom is -0.405 e. The molecule has 1 N–H and O–H groups in total. The van der Waals surface area contributed by atoms with Crippen LogP contribution in [0.1, 0.15) is 48.5 Å². The number of amidine groups is 1. The van der Waals surface area contributed by atoms with Crippen LogP contribution in [-0.2, 0) is 21.0 Å². The summed E-state index contributed by atoms with van der Waals surface area (Å²) in [6, 6.07) is 10.5. The van der Waals surface area contributed by atoms with Crippen LogP contribution in [0.5, 0.6) is 5.75 Å². The largest absolute Gasteiger partial charge is 0.573 e. The maximum absolute atomic E-state index is 14.8. The summed E-state index contributed by atoms with van der Waals surface area (Å²) in [5.74, 6) is -0.152. The molecule has 2 fully saturated rings. The monoisotopic (exact) mass is 576 g/mol. The zero-order chi connectivity index (χ0) is 29.0. The van der Waals surface area contributed by atoms with Gasteiger partial charge in [0.2, 0.25) is 6.41 Å². The number of oxime groups is 1. The van der Waals surface area contributed by atoms with Crippen LogP contribution >= 0.6 is 0 Å². The average Bonchev–Trinajstić information content (AvgIpc) is 3.71. The first-order valence-electron chi connectivity index (χ1n) is 13.1. The van der Waals surface area contributed by atoms with Gasteiger partial charge in [0, 0.05) is 35.8 Å². The van der Waals surface area contributed by atoms with Crippen molar-refractivity contribution in [3.8, 4) is 17.0 Å². The van der Waals surface area contributed by atoms with Crippen LogP contribution in [0.4, 0.5) is 23.2 Å². The Hall–Kier alpha value is -4.13. The molecule has 1 amide bonds. The van der Waals surface area contributed by atoms with E-state index in [2.05, 4.69) is 25.2 Å². The van der Waals surface area contributed by atoms with Gasteiger partial charge in [-0.1, -0.05) is 22.4 Å². The molecule has 3 aromatic rings. The van der Waals surface area contributed by atoms with Crippen LogP contribution in [-0.4, -0.2) is 50.1 Å². The van der Waals surface area contributed by atoms with E-state index in [1.807, 2.05) is 4.90 Å². The quantitative estimate of drug-likeness (QED) is 0.112. The number of piperidine rings is 1. The number of ether oxygens (including phenoxy) is 2. The number of halogens is 4. The number of rotatable bonds is 10. The Morgan fingerprint density at radius 3 is 2.59 bits per heavy atom. The summed E-state index contributed by atoms with van der Waals surface area (Å²) >= 11 is 0. The maximum Gasteiger partial charge on any atom is 0.573 e. The molecule has 1 aliphatic heterocycles. The van der Waals surface area contributed by atoms with Gasteiger partial charge in [-0.3, -0.25) is 4.79 Å². The number of carbonyl (C=O) groups excluding carboxylic acids is 1. The molecule has 1 saturated carbocycles. The molecule has 0 spiro atoms. The number of amides is 1. The van der Waals surface area contributed by atoms with E-state index in [0.29, 0.717) is 49.4 Å². The van der Waals surface area contributed by atoms with Gasteiger partial charge in [0.25, 0.3) is 0 Å². The van der Waals surface area contributed by atoms with Gasteiger partial charge in [-0.15, -0.1) is 13.2 Å². The molecule has 5 rings (SSSR count). The first kappa shape index (κ1) is 28.4. The van der Waals surface area contributed by atoms with Crippen molar-refractivity contribution in [2.45, 2.75) is 50.7 Å². The predicted molar refractivity (Wildman–Crippen MR) is 140 cm³/mol. The Morgan fingerprint density at radius 1 is 1.17 bits per heavy atom. The number of benzene rings is 2. The number of aromatic nitrogens is 1. The Bertz CT molecular complexity index is 1400. The fourth-order valence-corrected chi connectivity index (χ4v) is 4.89. The second-order valence-electron chi connectivity index (χ2n) is 9.74. The molecule has 0 atom stereocenters. The van der Waals surface area contributed by atoms with Gasteiger partial charge in [0.15, 0.2) is 5.84 Å². The van der Waals surface area contributed by atoms with Crippen molar-refractivity contribution < 1.29 is 41.2 Å². The van der Waals surface area contributed by atoms with Crippen LogP contribution < -0.4 is 15.0 Å². The van der Waals surface area contributed by atoms with Crippen molar-refractivity contribution in [2.75, 3.05) is 25.1 Å². The van der Waals surface area contributed by atoms with E-state index in [9.17, 15) is 22.4 Å². The van der Waals surface area contributed by atoms with Crippen molar-refractivity contribution in [3.63, 3.8) is 0 Å². The Labute approximate surface area is 233 Å². The molecule has 0 bridgehead atoms. The standard InChI is InChI=1S/C28H28F4N4O5/c1-38-35-27(33-16-37)20-9-8-18(14-23(20)29)36-12-10-19(11-13-36)39-15-22-25(34-41-26(22)17-6-7-17)21-4-2-3-5-24(21)40-28(30,31)32/h2-5,8-9,14,16-17,19H,6-7,10-13,15H2,1H3,(H,33,35,37). The lowest BCUT2D eigenvalue weighted by molar-refractivity contribution is -0.274. The zero-order valence-corrected chi connectivity index (χ0v) is 22.1. The van der Waals surface area contributed by atoms with E-state index in [1.165, 1.54) is 37.4 Å². The molecule has 41 heavy (non-hydrogen) atoms. The molecular weight excluding hydrogens is 548 g/mol. The number of nitrogens with zero attached hydrogens (tertiary/aromatic N) is 3. The summed E-state index contributed by atoms with van der Waals surface area (Å²) in [7, 11) is 1.29. The lowest BCUT2D eigenvalue weighted by Gasteiger charge is -2.33. The van der Waals surface area contributed by atoms with Crippen LogP contribution in [0.25, 0.3) is 11.3 Å². The third-order valence-corrected chi connectivity index (χ3v) is 6.99. The first-order chi connectivity index (χ1) is 19.8. The van der Waals surface area contributed by atoms with Crippen molar-refractivity contribution in [1.82, 2.24) is 10.5 Å². The summed E-state index contributed by atoms with van der Waals surface area (Å²) < 4.78 is 70.0. The average molecular weight is 577 g/mol. The molecule has 2 aliphatic rings. The van der Waals surface area contributed by atoms with Crippen LogP contribution in [0.3, 0.4) is 0 Å². The number of alkyl halides is 3. The lowest BCUT2D eigenvalue weighted by Crippen LogP contribution is -2.37. The number of nitrogens with one attached hydrogen (secondary N) is 1. The number of anilines is 1. The van der Waals surface area contributed by atoms with Crippen LogP contribution in [0, 0.1) is 5.82 Å². The number of carbonyl (C=O) groups is 1. The maximum atomic E-state index is 14.8. The van der Waals surface area contributed by atoms with Gasteiger partial charge in [-0.05, 0) is 56.0 Å². The minimum absolute atomic E-state index is 0.0371. The van der Waals surface area contributed by atoms with Crippen LogP contribution in [0.15, 0.2) is 52.1 Å². The Balaban J connectivity index is 1.25. The van der Waals surface area contributed by atoms with Gasteiger partial charge >= 0.3 is 6.36 Å². The highest BCUT2D eigenvalue weighted by Gasteiger charge is 2.36. The second-order valence-corrected chi connectivity index (χ2v) is 9.74.